The average Bonchev–Trinajstić information content (AvgIpc) is 3.33. The summed E-state index contributed by atoms with van der Waals surface area (Å²) in [6, 6.07) is 3.13. The van der Waals surface area contributed by atoms with Crippen molar-refractivity contribution in [2.24, 2.45) is 0 Å². The molecule has 0 atom stereocenters. The third-order valence-electron chi connectivity index (χ3n) is 3.91. The topological polar surface area (TPSA) is 128 Å². The van der Waals surface area contributed by atoms with Gasteiger partial charge >= 0.3 is 5.97 Å². The molecule has 0 aliphatic carbocycles. The third kappa shape index (κ3) is 4.78. The smallest absolute Gasteiger partial charge is 0.349 e. The molecule has 0 bridgehead atoms. The van der Waals surface area contributed by atoms with E-state index in [4.69, 9.17) is 0 Å². The lowest BCUT2D eigenvalue weighted by molar-refractivity contribution is 0.0602. The predicted octanol–water partition coefficient (Wildman–Crippen LogP) is 1.52. The molecule has 0 amide bonds. The molecule has 0 saturated heterocycles. The number of sulfonamides is 1. The molecule has 3 heterocycles. The lowest BCUT2D eigenvalue weighted by atomic mass is 10.4. The quantitative estimate of drug-likeness (QED) is 0.402. The number of hydrogen-bond acceptors (Lipinski definition) is 9. The number of anilines is 1. The molecule has 0 aliphatic heterocycles. The number of ether oxygens (including phenoxy) is 1. The molecular formula is C17H20N6O4S2. The number of hydrogen-bond donors (Lipinski definition) is 2. The van der Waals surface area contributed by atoms with Crippen LogP contribution in [-0.2, 0) is 14.8 Å². The number of nitrogens with one attached hydrogen (secondary N) is 2. The standard InChI is InChI=1S/C17H20N6O4S2/c1-11-21-14(10-15(22-11)23-8-7-18-12(23)2)19-5-6-20-29(25,26)13-4-9-28-16(13)17(24)27-3/h4,7-10,20H,5-6H2,1-3H3,(H,19,21,22). The molecule has 0 saturated carbocycles. The fourth-order valence-electron chi connectivity index (χ4n) is 2.59. The van der Waals surface area contributed by atoms with Crippen molar-refractivity contribution < 1.29 is 17.9 Å². The second-order valence-corrected chi connectivity index (χ2v) is 8.58. The van der Waals surface area contributed by atoms with E-state index in [1.165, 1.54) is 18.6 Å². The zero-order valence-corrected chi connectivity index (χ0v) is 17.7. The highest BCUT2D eigenvalue weighted by atomic mass is 32.2. The maximum atomic E-state index is 12.5. The van der Waals surface area contributed by atoms with Gasteiger partial charge in [-0.1, -0.05) is 0 Å². The Morgan fingerprint density at radius 2 is 2.07 bits per heavy atom. The number of imidazole rings is 1. The summed E-state index contributed by atoms with van der Waals surface area (Å²) in [7, 11) is -2.63. The monoisotopic (exact) mass is 436 g/mol. The Labute approximate surface area is 172 Å². The van der Waals surface area contributed by atoms with Gasteiger partial charge in [0.25, 0.3) is 0 Å². The Bertz CT molecular complexity index is 1120. The predicted molar refractivity (Wildman–Crippen MR) is 108 cm³/mol. The number of thiophene rings is 1. The fourth-order valence-corrected chi connectivity index (χ4v) is 4.95. The number of esters is 1. The molecule has 10 nitrogen and oxygen atoms in total. The molecule has 154 valence electrons. The number of nitrogens with zero attached hydrogens (tertiary/aromatic N) is 4. The van der Waals surface area contributed by atoms with Gasteiger partial charge in [0.2, 0.25) is 10.0 Å². The highest BCUT2D eigenvalue weighted by molar-refractivity contribution is 7.89. The molecule has 0 radical (unpaired) electrons. The van der Waals surface area contributed by atoms with E-state index in [0.717, 1.165) is 17.2 Å². The second kappa shape index (κ2) is 8.68. The van der Waals surface area contributed by atoms with E-state index in [0.29, 0.717) is 17.5 Å². The van der Waals surface area contributed by atoms with E-state index in [2.05, 4.69) is 29.7 Å². The maximum Gasteiger partial charge on any atom is 0.349 e. The van der Waals surface area contributed by atoms with E-state index < -0.39 is 16.0 Å². The molecule has 0 fully saturated rings. The van der Waals surface area contributed by atoms with E-state index in [1.807, 2.05) is 11.5 Å². The summed E-state index contributed by atoms with van der Waals surface area (Å²) in [6.45, 7) is 4.03. The van der Waals surface area contributed by atoms with Gasteiger partial charge in [-0.15, -0.1) is 11.3 Å². The molecule has 29 heavy (non-hydrogen) atoms. The lowest BCUT2D eigenvalue weighted by Crippen LogP contribution is -2.29. The fraction of sp³-hybridized carbons (Fsp3) is 0.294. The van der Waals surface area contributed by atoms with Gasteiger partial charge in [0.05, 0.1) is 7.11 Å². The van der Waals surface area contributed by atoms with Gasteiger partial charge in [0.15, 0.2) is 0 Å². The molecule has 0 aromatic carbocycles. The first-order chi connectivity index (χ1) is 13.8. The third-order valence-corrected chi connectivity index (χ3v) is 6.44. The lowest BCUT2D eigenvalue weighted by Gasteiger charge is -2.11. The number of aromatic nitrogens is 4. The van der Waals surface area contributed by atoms with Crippen LogP contribution < -0.4 is 10.0 Å². The van der Waals surface area contributed by atoms with Crippen LogP contribution in [0.3, 0.4) is 0 Å². The minimum atomic E-state index is -3.84. The van der Waals surface area contributed by atoms with Crippen LogP contribution in [0.2, 0.25) is 0 Å². The summed E-state index contributed by atoms with van der Waals surface area (Å²) in [5, 5.41) is 4.60. The van der Waals surface area contributed by atoms with E-state index >= 15 is 0 Å². The first-order valence-corrected chi connectivity index (χ1v) is 10.9. The molecule has 3 rings (SSSR count). The van der Waals surface area contributed by atoms with Gasteiger partial charge in [0, 0.05) is 31.5 Å². The molecule has 0 unspecified atom stereocenters. The van der Waals surface area contributed by atoms with Crippen LogP contribution in [0.1, 0.15) is 21.3 Å². The molecule has 12 heteroatoms. The minimum Gasteiger partial charge on any atom is -0.465 e. The molecule has 3 aromatic rings. The molecule has 2 N–H and O–H groups in total. The van der Waals surface area contributed by atoms with Crippen molar-refractivity contribution >= 4 is 33.1 Å². The van der Waals surface area contributed by atoms with Gasteiger partial charge < -0.3 is 10.1 Å². The van der Waals surface area contributed by atoms with Crippen molar-refractivity contribution in [1.82, 2.24) is 24.2 Å². The van der Waals surface area contributed by atoms with Gasteiger partial charge in [0.1, 0.15) is 33.1 Å². The molecular weight excluding hydrogens is 416 g/mol. The van der Waals surface area contributed by atoms with Crippen LogP contribution in [0.15, 0.2) is 34.8 Å². The molecule has 3 aromatic heterocycles. The zero-order valence-electron chi connectivity index (χ0n) is 16.0. The van der Waals surface area contributed by atoms with Crippen LogP contribution in [0.4, 0.5) is 5.82 Å². The second-order valence-electron chi connectivity index (χ2n) is 5.93. The van der Waals surface area contributed by atoms with E-state index in [9.17, 15) is 13.2 Å². The summed E-state index contributed by atoms with van der Waals surface area (Å²) < 4.78 is 33.9. The van der Waals surface area contributed by atoms with Gasteiger partial charge in [-0.2, -0.15) is 0 Å². The number of carbonyl (C=O) groups is 1. The summed E-state index contributed by atoms with van der Waals surface area (Å²) in [5.41, 5.74) is 0. The molecule has 0 aliphatic rings. The first kappa shape index (κ1) is 20.9. The summed E-state index contributed by atoms with van der Waals surface area (Å²) in [5.74, 6) is 1.90. The van der Waals surface area contributed by atoms with Crippen molar-refractivity contribution in [3.05, 3.63) is 46.4 Å². The molecule has 0 spiro atoms. The van der Waals surface area contributed by atoms with E-state index in [-0.39, 0.29) is 22.9 Å². The van der Waals surface area contributed by atoms with Gasteiger partial charge in [-0.3, -0.25) is 4.57 Å². The van der Waals surface area contributed by atoms with E-state index in [1.54, 1.807) is 25.4 Å². The number of methoxy groups -OCH3 is 1. The Morgan fingerprint density at radius 1 is 1.28 bits per heavy atom. The highest BCUT2D eigenvalue weighted by Gasteiger charge is 2.24. The SMILES string of the molecule is COC(=O)c1sccc1S(=O)(=O)NCCNc1cc(-n2ccnc2C)nc(C)n1. The van der Waals surface area contributed by atoms with Crippen molar-refractivity contribution in [2.75, 3.05) is 25.5 Å². The Kier molecular flexibility index (Phi) is 6.25. The number of aryl methyl sites for hydroxylation is 2. The largest absolute Gasteiger partial charge is 0.465 e. The minimum absolute atomic E-state index is 0.0414. The maximum absolute atomic E-state index is 12.5. The van der Waals surface area contributed by atoms with Crippen LogP contribution in [0.5, 0.6) is 0 Å². The Morgan fingerprint density at radius 3 is 2.76 bits per heavy atom. The summed E-state index contributed by atoms with van der Waals surface area (Å²) in [6.07, 6.45) is 3.48. The zero-order chi connectivity index (χ0) is 21.0. The van der Waals surface area contributed by atoms with Crippen LogP contribution in [-0.4, -0.2) is 54.1 Å². The summed E-state index contributed by atoms with van der Waals surface area (Å²) in [4.78, 5) is 24.5. The van der Waals surface area contributed by atoms with Crippen molar-refractivity contribution in [2.45, 2.75) is 18.7 Å². The first-order valence-electron chi connectivity index (χ1n) is 8.57. The normalized spacial score (nSPS) is 11.4. The van der Waals surface area contributed by atoms with Crippen molar-refractivity contribution in [1.29, 1.82) is 0 Å². The van der Waals surface area contributed by atoms with Gasteiger partial charge in [-0.25, -0.2) is 32.9 Å². The van der Waals surface area contributed by atoms with Gasteiger partial charge in [-0.05, 0) is 25.3 Å². The van der Waals surface area contributed by atoms with Crippen LogP contribution in [0, 0.1) is 13.8 Å². The summed E-state index contributed by atoms with van der Waals surface area (Å²) >= 11 is 1.01. The highest BCUT2D eigenvalue weighted by Crippen LogP contribution is 2.22. The van der Waals surface area contributed by atoms with Crippen LogP contribution >= 0.6 is 11.3 Å². The van der Waals surface area contributed by atoms with Crippen molar-refractivity contribution in [3.63, 3.8) is 0 Å². The number of carbonyl (C=O) groups excluding carboxylic acids is 1. The Balaban J connectivity index is 1.64. The van der Waals surface area contributed by atoms with Crippen LogP contribution in [0.25, 0.3) is 5.82 Å². The van der Waals surface area contributed by atoms with Crippen molar-refractivity contribution in [3.8, 4) is 5.82 Å². The average molecular weight is 437 g/mol. The Hall–Kier alpha value is -2.83. The number of rotatable bonds is 8.